The first-order valence-corrected chi connectivity index (χ1v) is 6.28. The molecule has 0 aliphatic carbocycles. The van der Waals surface area contributed by atoms with Crippen molar-refractivity contribution in [1.29, 1.82) is 0 Å². The Morgan fingerprint density at radius 3 is 2.65 bits per heavy atom. The number of thiazole rings is 1. The van der Waals surface area contributed by atoms with Crippen LogP contribution in [0.25, 0.3) is 0 Å². The van der Waals surface area contributed by atoms with Gasteiger partial charge in [-0.3, -0.25) is 0 Å². The van der Waals surface area contributed by atoms with E-state index in [0.29, 0.717) is 18.5 Å². The van der Waals surface area contributed by atoms with Gasteiger partial charge >= 0.3 is 6.01 Å². The average molecular weight is 252 g/mol. The van der Waals surface area contributed by atoms with Crippen LogP contribution in [-0.2, 0) is 12.0 Å². The van der Waals surface area contributed by atoms with Crippen LogP contribution in [-0.4, -0.2) is 22.2 Å². The van der Waals surface area contributed by atoms with Gasteiger partial charge in [0.25, 0.3) is 0 Å². The van der Waals surface area contributed by atoms with Gasteiger partial charge in [-0.2, -0.15) is 0 Å². The van der Waals surface area contributed by atoms with Gasteiger partial charge in [0.05, 0.1) is 6.54 Å². The molecule has 0 aromatic carbocycles. The van der Waals surface area contributed by atoms with Crippen molar-refractivity contribution in [2.75, 3.05) is 11.9 Å². The van der Waals surface area contributed by atoms with Crippen LogP contribution in [0.2, 0.25) is 0 Å². The Kier molecular flexibility index (Phi) is 3.15. The minimum atomic E-state index is -0.118. The standard InChI is InChI=1S/C11H16N4OS/c1-11(2,3)9-13-14-10(16-9)15(4)7-8-12-5-6-17-8/h5-6H,7H2,1-4H3. The molecule has 0 spiro atoms. The molecule has 92 valence electrons. The Morgan fingerprint density at radius 1 is 1.35 bits per heavy atom. The van der Waals surface area contributed by atoms with Crippen molar-refractivity contribution in [1.82, 2.24) is 15.2 Å². The van der Waals surface area contributed by atoms with Crippen molar-refractivity contribution in [2.45, 2.75) is 32.7 Å². The smallest absolute Gasteiger partial charge is 0.318 e. The molecule has 2 aromatic rings. The normalized spacial score (nSPS) is 11.8. The van der Waals surface area contributed by atoms with Crippen molar-refractivity contribution >= 4 is 17.4 Å². The van der Waals surface area contributed by atoms with Crippen LogP contribution in [0, 0.1) is 0 Å². The van der Waals surface area contributed by atoms with Gasteiger partial charge in [-0.15, -0.1) is 16.4 Å². The Hall–Kier alpha value is -1.43. The summed E-state index contributed by atoms with van der Waals surface area (Å²) in [5.41, 5.74) is -0.118. The van der Waals surface area contributed by atoms with Crippen molar-refractivity contribution in [3.05, 3.63) is 22.5 Å². The highest BCUT2D eigenvalue weighted by molar-refractivity contribution is 7.09. The zero-order valence-corrected chi connectivity index (χ0v) is 11.3. The third kappa shape index (κ3) is 2.82. The summed E-state index contributed by atoms with van der Waals surface area (Å²) in [5.74, 6) is 0.651. The van der Waals surface area contributed by atoms with Crippen LogP contribution >= 0.6 is 11.3 Å². The fourth-order valence-corrected chi connectivity index (χ4v) is 1.94. The van der Waals surface area contributed by atoms with Crippen molar-refractivity contribution in [2.24, 2.45) is 0 Å². The monoisotopic (exact) mass is 252 g/mol. The number of rotatable bonds is 3. The van der Waals surface area contributed by atoms with Gasteiger partial charge in [-0.1, -0.05) is 25.9 Å². The summed E-state index contributed by atoms with van der Waals surface area (Å²) in [7, 11) is 1.92. The van der Waals surface area contributed by atoms with E-state index in [4.69, 9.17) is 4.42 Å². The predicted octanol–water partition coefficient (Wildman–Crippen LogP) is 2.46. The van der Waals surface area contributed by atoms with E-state index in [0.717, 1.165) is 5.01 Å². The van der Waals surface area contributed by atoms with Gasteiger partial charge in [0, 0.05) is 24.0 Å². The fourth-order valence-electron chi connectivity index (χ4n) is 1.27. The number of hydrogen-bond acceptors (Lipinski definition) is 6. The first-order chi connectivity index (χ1) is 7.97. The zero-order chi connectivity index (χ0) is 12.5. The van der Waals surface area contributed by atoms with Crippen molar-refractivity contribution in [3.63, 3.8) is 0 Å². The Balaban J connectivity index is 2.10. The molecule has 0 radical (unpaired) electrons. The summed E-state index contributed by atoms with van der Waals surface area (Å²) in [6.07, 6.45) is 1.79. The lowest BCUT2D eigenvalue weighted by molar-refractivity contribution is 0.393. The summed E-state index contributed by atoms with van der Waals surface area (Å²) in [4.78, 5) is 6.13. The topological polar surface area (TPSA) is 55.1 Å². The van der Waals surface area contributed by atoms with Crippen LogP contribution < -0.4 is 4.90 Å². The van der Waals surface area contributed by atoms with Gasteiger partial charge < -0.3 is 9.32 Å². The first kappa shape index (κ1) is 12.0. The van der Waals surface area contributed by atoms with E-state index in [1.165, 1.54) is 0 Å². The van der Waals surface area contributed by atoms with Crippen LogP contribution in [0.5, 0.6) is 0 Å². The lowest BCUT2D eigenvalue weighted by atomic mass is 9.97. The molecule has 0 unspecified atom stereocenters. The van der Waals surface area contributed by atoms with Crippen LogP contribution in [0.4, 0.5) is 6.01 Å². The van der Waals surface area contributed by atoms with Gasteiger partial charge in [0.15, 0.2) is 0 Å². The fraction of sp³-hybridized carbons (Fsp3) is 0.545. The molecule has 0 N–H and O–H groups in total. The summed E-state index contributed by atoms with van der Waals surface area (Å²) >= 11 is 1.62. The molecule has 0 fully saturated rings. The molecular formula is C11H16N4OS. The minimum absolute atomic E-state index is 0.118. The van der Waals surface area contributed by atoms with E-state index >= 15 is 0 Å². The van der Waals surface area contributed by atoms with Gasteiger partial charge in [0.1, 0.15) is 5.01 Å². The third-order valence-electron chi connectivity index (χ3n) is 2.24. The second-order valence-electron chi connectivity index (χ2n) is 4.92. The summed E-state index contributed by atoms with van der Waals surface area (Å²) in [6, 6.07) is 0.533. The first-order valence-electron chi connectivity index (χ1n) is 5.40. The van der Waals surface area contributed by atoms with E-state index in [2.05, 4.69) is 15.2 Å². The average Bonchev–Trinajstić information content (AvgIpc) is 2.85. The Morgan fingerprint density at radius 2 is 2.12 bits per heavy atom. The minimum Gasteiger partial charge on any atom is -0.407 e. The van der Waals surface area contributed by atoms with Crippen molar-refractivity contribution in [3.8, 4) is 0 Å². The summed E-state index contributed by atoms with van der Waals surface area (Å²) in [5, 5.41) is 11.1. The molecule has 0 saturated heterocycles. The number of anilines is 1. The molecule has 6 heteroatoms. The summed E-state index contributed by atoms with van der Waals surface area (Å²) < 4.78 is 5.64. The lowest BCUT2D eigenvalue weighted by Crippen LogP contribution is -2.16. The predicted molar refractivity (Wildman–Crippen MR) is 67.2 cm³/mol. The maximum atomic E-state index is 5.64. The summed E-state index contributed by atoms with van der Waals surface area (Å²) in [6.45, 7) is 6.82. The molecule has 0 atom stereocenters. The second-order valence-corrected chi connectivity index (χ2v) is 5.90. The molecule has 0 amide bonds. The third-order valence-corrected chi connectivity index (χ3v) is 3.00. The molecule has 0 aliphatic heterocycles. The maximum absolute atomic E-state index is 5.64. The molecule has 2 aromatic heterocycles. The number of hydrogen-bond donors (Lipinski definition) is 0. The van der Waals surface area contributed by atoms with E-state index in [1.807, 2.05) is 38.1 Å². The highest BCUT2D eigenvalue weighted by atomic mass is 32.1. The molecule has 2 heterocycles. The number of nitrogens with zero attached hydrogens (tertiary/aromatic N) is 4. The van der Waals surface area contributed by atoms with E-state index < -0.39 is 0 Å². The maximum Gasteiger partial charge on any atom is 0.318 e. The molecule has 17 heavy (non-hydrogen) atoms. The SMILES string of the molecule is CN(Cc1nccs1)c1nnc(C(C)(C)C)o1. The van der Waals surface area contributed by atoms with Crippen molar-refractivity contribution < 1.29 is 4.42 Å². The van der Waals surface area contributed by atoms with Gasteiger partial charge in [0.2, 0.25) is 5.89 Å². The lowest BCUT2D eigenvalue weighted by Gasteiger charge is -2.13. The highest BCUT2D eigenvalue weighted by Crippen LogP contribution is 2.24. The van der Waals surface area contributed by atoms with Gasteiger partial charge in [-0.25, -0.2) is 4.98 Å². The Bertz CT molecular complexity index is 472. The van der Waals surface area contributed by atoms with E-state index in [-0.39, 0.29) is 5.41 Å². The quantitative estimate of drug-likeness (QED) is 0.840. The molecule has 2 rings (SSSR count). The molecule has 5 nitrogen and oxygen atoms in total. The Labute approximate surface area is 105 Å². The van der Waals surface area contributed by atoms with Crippen LogP contribution in [0.3, 0.4) is 0 Å². The molecular weight excluding hydrogens is 236 g/mol. The van der Waals surface area contributed by atoms with E-state index in [1.54, 1.807) is 17.5 Å². The zero-order valence-electron chi connectivity index (χ0n) is 10.5. The number of aromatic nitrogens is 3. The van der Waals surface area contributed by atoms with E-state index in [9.17, 15) is 0 Å². The molecule has 0 aliphatic rings. The van der Waals surface area contributed by atoms with Crippen LogP contribution in [0.15, 0.2) is 16.0 Å². The largest absolute Gasteiger partial charge is 0.407 e. The molecule has 0 saturated carbocycles. The molecule has 0 bridgehead atoms. The van der Waals surface area contributed by atoms with Gasteiger partial charge in [-0.05, 0) is 0 Å². The highest BCUT2D eigenvalue weighted by Gasteiger charge is 2.22. The van der Waals surface area contributed by atoms with Crippen LogP contribution in [0.1, 0.15) is 31.7 Å². The second kappa shape index (κ2) is 4.44.